The van der Waals surface area contributed by atoms with E-state index in [9.17, 15) is 0 Å². The number of hydrogen-bond donors (Lipinski definition) is 5. The molecule has 0 saturated heterocycles. The first-order valence-corrected chi connectivity index (χ1v) is 3.18. The van der Waals surface area contributed by atoms with Gasteiger partial charge in [0, 0.05) is 0 Å². The molecule has 0 atom stereocenters. The van der Waals surface area contributed by atoms with Crippen molar-refractivity contribution in [3.05, 3.63) is 12.3 Å². The SMILES string of the molecule is C=C(/C=N/N=C(N)N)NN=C(N)N. The summed E-state index contributed by atoms with van der Waals surface area (Å²) in [6.45, 7) is 3.49. The molecule has 0 aliphatic rings. The highest BCUT2D eigenvalue weighted by Gasteiger charge is 1.84. The van der Waals surface area contributed by atoms with Crippen LogP contribution in [0.25, 0.3) is 0 Å². The third kappa shape index (κ3) is 7.65. The van der Waals surface area contributed by atoms with Gasteiger partial charge in [-0.2, -0.15) is 5.10 Å². The third-order valence-electron chi connectivity index (χ3n) is 0.715. The van der Waals surface area contributed by atoms with Crippen LogP contribution in [0.4, 0.5) is 0 Å². The Morgan fingerprint density at radius 2 is 1.77 bits per heavy atom. The molecule has 0 aliphatic heterocycles. The van der Waals surface area contributed by atoms with E-state index in [1.807, 2.05) is 0 Å². The molecule has 0 aromatic heterocycles. The largest absolute Gasteiger partial charge is 0.369 e. The molecule has 0 unspecified atom stereocenters. The summed E-state index contributed by atoms with van der Waals surface area (Å²) in [5, 5.41) is 10.2. The van der Waals surface area contributed by atoms with Crippen molar-refractivity contribution in [3.8, 4) is 0 Å². The second-order valence-electron chi connectivity index (χ2n) is 1.94. The molecule has 8 heteroatoms. The molecule has 13 heavy (non-hydrogen) atoms. The fourth-order valence-corrected chi connectivity index (χ4v) is 0.330. The summed E-state index contributed by atoms with van der Waals surface area (Å²) >= 11 is 0. The molecule has 0 saturated carbocycles. The van der Waals surface area contributed by atoms with Crippen LogP contribution in [0.5, 0.6) is 0 Å². The van der Waals surface area contributed by atoms with Gasteiger partial charge in [0.1, 0.15) is 0 Å². The molecule has 0 amide bonds. The lowest BCUT2D eigenvalue weighted by atomic mass is 10.6. The first-order valence-electron chi connectivity index (χ1n) is 3.18. The van der Waals surface area contributed by atoms with Gasteiger partial charge >= 0.3 is 0 Å². The maximum absolute atomic E-state index is 5.03. The molecule has 0 radical (unpaired) electrons. The van der Waals surface area contributed by atoms with E-state index in [1.165, 1.54) is 6.21 Å². The summed E-state index contributed by atoms with van der Waals surface area (Å²) < 4.78 is 0. The van der Waals surface area contributed by atoms with E-state index in [1.54, 1.807) is 0 Å². The average Bonchev–Trinajstić information content (AvgIpc) is 2.00. The van der Waals surface area contributed by atoms with Crippen LogP contribution in [0.2, 0.25) is 0 Å². The van der Waals surface area contributed by atoms with Crippen LogP contribution >= 0.6 is 0 Å². The molecule has 0 aromatic rings. The molecule has 0 spiro atoms. The first-order chi connectivity index (χ1) is 6.02. The van der Waals surface area contributed by atoms with Crippen LogP contribution in [0, 0.1) is 0 Å². The number of nitrogens with zero attached hydrogens (tertiary/aromatic N) is 3. The number of hydrogen-bond acceptors (Lipinski definition) is 4. The van der Waals surface area contributed by atoms with Gasteiger partial charge in [-0.3, -0.25) is 5.43 Å². The van der Waals surface area contributed by atoms with E-state index < -0.39 is 0 Å². The molecule has 9 N–H and O–H groups in total. The van der Waals surface area contributed by atoms with E-state index in [0.717, 1.165) is 0 Å². The second-order valence-corrected chi connectivity index (χ2v) is 1.94. The molecular formula is C5H12N8. The third-order valence-corrected chi connectivity index (χ3v) is 0.715. The van der Waals surface area contributed by atoms with Crippen molar-refractivity contribution in [2.24, 2.45) is 38.2 Å². The van der Waals surface area contributed by atoms with Crippen LogP contribution in [-0.4, -0.2) is 18.1 Å². The van der Waals surface area contributed by atoms with Crippen LogP contribution in [-0.2, 0) is 0 Å². The van der Waals surface area contributed by atoms with Gasteiger partial charge in [0.2, 0.25) is 11.9 Å². The summed E-state index contributed by atoms with van der Waals surface area (Å²) in [4.78, 5) is 0. The Labute approximate surface area is 75.0 Å². The van der Waals surface area contributed by atoms with E-state index in [4.69, 9.17) is 22.9 Å². The van der Waals surface area contributed by atoms with Gasteiger partial charge in [-0.25, -0.2) is 0 Å². The van der Waals surface area contributed by atoms with Crippen LogP contribution < -0.4 is 28.4 Å². The zero-order valence-corrected chi connectivity index (χ0v) is 6.94. The molecule has 0 heterocycles. The normalized spacial score (nSPS) is 9.23. The first kappa shape index (κ1) is 10.8. The Bertz CT molecular complexity index is 254. The van der Waals surface area contributed by atoms with Crippen molar-refractivity contribution in [1.29, 1.82) is 0 Å². The Morgan fingerprint density at radius 1 is 1.15 bits per heavy atom. The number of nitrogens with one attached hydrogen (secondary N) is 1. The molecular weight excluding hydrogens is 172 g/mol. The number of hydrazone groups is 1. The highest BCUT2D eigenvalue weighted by Crippen LogP contribution is 1.78. The quantitative estimate of drug-likeness (QED) is 0.186. The van der Waals surface area contributed by atoms with E-state index >= 15 is 0 Å². The minimum atomic E-state index is -0.147. The topological polar surface area (TPSA) is 153 Å². The number of rotatable bonds is 4. The fourth-order valence-electron chi connectivity index (χ4n) is 0.330. The number of guanidine groups is 2. The molecule has 8 nitrogen and oxygen atoms in total. The Balaban J connectivity index is 3.95. The van der Waals surface area contributed by atoms with Crippen molar-refractivity contribution in [1.82, 2.24) is 5.43 Å². The Hall–Kier alpha value is -2.25. The summed E-state index contributed by atoms with van der Waals surface area (Å²) in [5.74, 6) is -0.262. The number of allylic oxidation sites excluding steroid dienone is 1. The smallest absolute Gasteiger partial charge is 0.211 e. The van der Waals surface area contributed by atoms with Gasteiger partial charge in [0.05, 0.1) is 11.9 Å². The fraction of sp³-hybridized carbons (Fsp3) is 0. The van der Waals surface area contributed by atoms with Gasteiger partial charge in [-0.05, 0) is 0 Å². The minimum Gasteiger partial charge on any atom is -0.369 e. The van der Waals surface area contributed by atoms with Crippen molar-refractivity contribution >= 4 is 18.1 Å². The van der Waals surface area contributed by atoms with Crippen molar-refractivity contribution < 1.29 is 0 Å². The lowest BCUT2D eigenvalue weighted by Crippen LogP contribution is -2.26. The van der Waals surface area contributed by atoms with Gasteiger partial charge in [-0.15, -0.1) is 10.2 Å². The van der Waals surface area contributed by atoms with Crippen molar-refractivity contribution in [2.75, 3.05) is 0 Å². The van der Waals surface area contributed by atoms with Crippen molar-refractivity contribution in [3.63, 3.8) is 0 Å². The summed E-state index contributed by atoms with van der Waals surface area (Å²) in [7, 11) is 0. The summed E-state index contributed by atoms with van der Waals surface area (Å²) in [6.07, 6.45) is 1.26. The molecule has 0 rings (SSSR count). The Kier molecular flexibility index (Phi) is 4.47. The predicted molar refractivity (Wildman–Crippen MR) is 52.4 cm³/mol. The molecule has 72 valence electrons. The van der Waals surface area contributed by atoms with Gasteiger partial charge in [0.15, 0.2) is 0 Å². The van der Waals surface area contributed by atoms with Gasteiger partial charge < -0.3 is 22.9 Å². The standard InChI is InChI=1S/C5H12N8/c1-3(11-13-5(8)9)2-10-12-4(6)7/h2,11H,1H2,(H4,6,7,12)(H4,8,9,13)/b10-2+. The highest BCUT2D eigenvalue weighted by molar-refractivity contribution is 5.80. The van der Waals surface area contributed by atoms with Gasteiger partial charge in [-0.1, -0.05) is 6.58 Å². The molecule has 0 aromatic carbocycles. The second kappa shape index (κ2) is 5.41. The molecule has 0 bridgehead atoms. The average molecular weight is 184 g/mol. The van der Waals surface area contributed by atoms with Crippen LogP contribution in [0.3, 0.4) is 0 Å². The summed E-state index contributed by atoms with van der Waals surface area (Å²) in [5.41, 5.74) is 22.8. The number of nitrogens with two attached hydrogens (primary N) is 4. The maximum atomic E-state index is 5.03. The highest BCUT2D eigenvalue weighted by atomic mass is 15.3. The van der Waals surface area contributed by atoms with E-state index in [-0.39, 0.29) is 11.9 Å². The van der Waals surface area contributed by atoms with E-state index in [2.05, 4.69) is 27.3 Å². The van der Waals surface area contributed by atoms with Crippen LogP contribution in [0.15, 0.2) is 27.6 Å². The molecule has 0 aliphatic carbocycles. The maximum Gasteiger partial charge on any atom is 0.211 e. The monoisotopic (exact) mass is 184 g/mol. The summed E-state index contributed by atoms with van der Waals surface area (Å²) in [6, 6.07) is 0. The lowest BCUT2D eigenvalue weighted by molar-refractivity contribution is 0.930. The Morgan fingerprint density at radius 3 is 2.23 bits per heavy atom. The van der Waals surface area contributed by atoms with Gasteiger partial charge in [0.25, 0.3) is 0 Å². The zero-order chi connectivity index (χ0) is 10.3. The predicted octanol–water partition coefficient (Wildman–Crippen LogP) is -2.46. The zero-order valence-electron chi connectivity index (χ0n) is 6.94. The lowest BCUT2D eigenvalue weighted by Gasteiger charge is -1.96. The van der Waals surface area contributed by atoms with Crippen molar-refractivity contribution in [2.45, 2.75) is 0 Å². The van der Waals surface area contributed by atoms with Crippen LogP contribution in [0.1, 0.15) is 0 Å². The minimum absolute atomic E-state index is 0.114. The van der Waals surface area contributed by atoms with E-state index in [0.29, 0.717) is 5.70 Å². The molecule has 0 fully saturated rings.